The second-order valence-corrected chi connectivity index (χ2v) is 16.9. The van der Waals surface area contributed by atoms with Gasteiger partial charge in [-0.2, -0.15) is 0 Å². The van der Waals surface area contributed by atoms with Gasteiger partial charge in [0.1, 0.15) is 24.4 Å². The molecule has 0 spiro atoms. The van der Waals surface area contributed by atoms with Crippen LogP contribution in [0.15, 0.2) is 12.2 Å². The minimum absolute atomic E-state index is 0.173. The number of hydrogen-bond donors (Lipinski definition) is 6. The highest BCUT2D eigenvalue weighted by Crippen LogP contribution is 2.23. The van der Waals surface area contributed by atoms with Crippen molar-refractivity contribution in [2.75, 3.05) is 13.2 Å². The van der Waals surface area contributed by atoms with Crippen LogP contribution in [0.5, 0.6) is 0 Å². The predicted molar refractivity (Wildman–Crippen MR) is 231 cm³/mol. The highest BCUT2D eigenvalue weighted by molar-refractivity contribution is 5.76. The second kappa shape index (κ2) is 38.2. The van der Waals surface area contributed by atoms with E-state index in [-0.39, 0.29) is 12.5 Å². The van der Waals surface area contributed by atoms with Gasteiger partial charge in [0.15, 0.2) is 6.29 Å². The third kappa shape index (κ3) is 28.4. The van der Waals surface area contributed by atoms with Gasteiger partial charge in [-0.05, 0) is 19.3 Å². The van der Waals surface area contributed by atoms with Crippen LogP contribution in [0.1, 0.15) is 226 Å². The lowest BCUT2D eigenvalue weighted by Gasteiger charge is -2.40. The van der Waals surface area contributed by atoms with Gasteiger partial charge in [-0.25, -0.2) is 0 Å². The molecule has 1 amide bonds. The third-order valence-electron chi connectivity index (χ3n) is 11.6. The molecule has 1 aliphatic rings. The molecule has 9 heteroatoms. The predicted octanol–water partition coefficient (Wildman–Crippen LogP) is 10.1. The number of rotatable bonds is 40. The summed E-state index contributed by atoms with van der Waals surface area (Å²) in [6, 6.07) is -0.798. The Labute approximate surface area is 344 Å². The van der Waals surface area contributed by atoms with Gasteiger partial charge in [0.05, 0.1) is 25.4 Å². The fraction of sp³-hybridized carbons (Fsp3) is 0.936. The van der Waals surface area contributed by atoms with Crippen molar-refractivity contribution in [1.82, 2.24) is 5.32 Å². The summed E-state index contributed by atoms with van der Waals surface area (Å²) in [4.78, 5) is 13.0. The van der Waals surface area contributed by atoms with E-state index in [4.69, 9.17) is 9.47 Å². The molecule has 1 heterocycles. The van der Waals surface area contributed by atoms with Crippen molar-refractivity contribution in [2.45, 2.75) is 269 Å². The lowest BCUT2D eigenvalue weighted by molar-refractivity contribution is -0.302. The maximum atomic E-state index is 13.0. The Balaban J connectivity index is 2.33. The molecule has 7 unspecified atom stereocenters. The quantitative estimate of drug-likeness (QED) is 0.0265. The number of carbonyl (C=O) groups is 1. The lowest BCUT2D eigenvalue weighted by Crippen LogP contribution is -2.60. The van der Waals surface area contributed by atoms with Crippen molar-refractivity contribution < 1.29 is 39.8 Å². The molecule has 0 saturated carbocycles. The SMILES string of the molecule is CCCCCCCCCCCCCCCCC/C=C/C(O)C(COC1OC(CO)C(O)C(O)C1O)NC(=O)CCCCCCCCCCCCCCCCCC. The van der Waals surface area contributed by atoms with E-state index in [2.05, 4.69) is 19.2 Å². The average Bonchev–Trinajstić information content (AvgIpc) is 3.20. The summed E-state index contributed by atoms with van der Waals surface area (Å²) in [5.41, 5.74) is 0. The highest BCUT2D eigenvalue weighted by Gasteiger charge is 2.44. The molecular weight excluding hydrogens is 707 g/mol. The lowest BCUT2D eigenvalue weighted by atomic mass is 9.99. The molecule has 1 saturated heterocycles. The highest BCUT2D eigenvalue weighted by atomic mass is 16.7. The fourth-order valence-corrected chi connectivity index (χ4v) is 7.75. The Hall–Kier alpha value is -1.07. The summed E-state index contributed by atoms with van der Waals surface area (Å²) in [5, 5.41) is 54.2. The Morgan fingerprint density at radius 3 is 1.39 bits per heavy atom. The van der Waals surface area contributed by atoms with Gasteiger partial charge in [0, 0.05) is 6.42 Å². The van der Waals surface area contributed by atoms with Crippen LogP contribution >= 0.6 is 0 Å². The van der Waals surface area contributed by atoms with E-state index in [1.54, 1.807) is 6.08 Å². The largest absolute Gasteiger partial charge is 0.394 e. The molecule has 1 fully saturated rings. The van der Waals surface area contributed by atoms with Crippen LogP contribution in [0.2, 0.25) is 0 Å². The van der Waals surface area contributed by atoms with Crippen molar-refractivity contribution in [3.8, 4) is 0 Å². The molecule has 0 aliphatic carbocycles. The Morgan fingerprint density at radius 1 is 0.589 bits per heavy atom. The molecule has 0 aromatic rings. The molecule has 56 heavy (non-hydrogen) atoms. The fourth-order valence-electron chi connectivity index (χ4n) is 7.75. The molecule has 0 aromatic carbocycles. The average molecular weight is 798 g/mol. The molecule has 0 aromatic heterocycles. The van der Waals surface area contributed by atoms with E-state index in [0.29, 0.717) is 6.42 Å². The minimum Gasteiger partial charge on any atom is -0.394 e. The van der Waals surface area contributed by atoms with E-state index in [1.807, 2.05) is 6.08 Å². The van der Waals surface area contributed by atoms with E-state index in [1.165, 1.54) is 167 Å². The van der Waals surface area contributed by atoms with Crippen LogP contribution in [-0.2, 0) is 14.3 Å². The maximum Gasteiger partial charge on any atom is 0.220 e. The van der Waals surface area contributed by atoms with Gasteiger partial charge in [0.2, 0.25) is 5.91 Å². The van der Waals surface area contributed by atoms with Crippen molar-refractivity contribution in [3.05, 3.63) is 12.2 Å². The van der Waals surface area contributed by atoms with Crippen molar-refractivity contribution in [2.24, 2.45) is 0 Å². The zero-order chi connectivity index (χ0) is 40.9. The summed E-state index contributed by atoms with van der Waals surface area (Å²) in [7, 11) is 0. The van der Waals surface area contributed by atoms with Crippen LogP contribution < -0.4 is 5.32 Å². The second-order valence-electron chi connectivity index (χ2n) is 16.9. The summed E-state index contributed by atoms with van der Waals surface area (Å²) in [6.45, 7) is 3.79. The molecule has 1 aliphatic heterocycles. The number of unbranched alkanes of at least 4 members (excludes halogenated alkanes) is 30. The smallest absolute Gasteiger partial charge is 0.220 e. The van der Waals surface area contributed by atoms with Crippen LogP contribution in [0, 0.1) is 0 Å². The molecule has 332 valence electrons. The number of hydrogen-bond acceptors (Lipinski definition) is 8. The van der Waals surface area contributed by atoms with Crippen molar-refractivity contribution >= 4 is 5.91 Å². The van der Waals surface area contributed by atoms with Crippen LogP contribution in [-0.4, -0.2) is 87.5 Å². The van der Waals surface area contributed by atoms with Crippen molar-refractivity contribution in [3.63, 3.8) is 0 Å². The van der Waals surface area contributed by atoms with E-state index < -0.39 is 49.5 Å². The maximum absolute atomic E-state index is 13.0. The van der Waals surface area contributed by atoms with Gasteiger partial charge in [-0.15, -0.1) is 0 Å². The molecule has 1 rings (SSSR count). The number of nitrogens with one attached hydrogen (secondary N) is 1. The number of ether oxygens (including phenoxy) is 2. The first kappa shape index (κ1) is 52.9. The number of allylic oxidation sites excluding steroid dienone is 1. The van der Waals surface area contributed by atoms with Crippen LogP contribution in [0.4, 0.5) is 0 Å². The van der Waals surface area contributed by atoms with Crippen LogP contribution in [0.3, 0.4) is 0 Å². The number of carbonyl (C=O) groups excluding carboxylic acids is 1. The van der Waals surface area contributed by atoms with Crippen LogP contribution in [0.25, 0.3) is 0 Å². The summed E-state index contributed by atoms with van der Waals surface area (Å²) in [5.74, 6) is -0.173. The third-order valence-corrected chi connectivity index (χ3v) is 11.6. The zero-order valence-corrected chi connectivity index (χ0v) is 36.4. The van der Waals surface area contributed by atoms with Crippen molar-refractivity contribution in [1.29, 1.82) is 0 Å². The zero-order valence-electron chi connectivity index (χ0n) is 36.4. The number of aliphatic hydroxyl groups excluding tert-OH is 5. The Bertz CT molecular complexity index is 888. The van der Waals surface area contributed by atoms with Gasteiger partial charge >= 0.3 is 0 Å². The van der Waals surface area contributed by atoms with Gasteiger partial charge in [-0.1, -0.05) is 212 Å². The molecular formula is C47H91NO8. The molecule has 7 atom stereocenters. The Morgan fingerprint density at radius 2 is 0.982 bits per heavy atom. The normalized spacial score (nSPS) is 21.2. The molecule has 0 radical (unpaired) electrons. The van der Waals surface area contributed by atoms with E-state index >= 15 is 0 Å². The molecule has 0 bridgehead atoms. The van der Waals surface area contributed by atoms with Gasteiger partial charge < -0.3 is 40.3 Å². The summed E-state index contributed by atoms with van der Waals surface area (Å²) in [6.07, 6.45) is 36.8. The first-order chi connectivity index (χ1) is 27.3. The van der Waals surface area contributed by atoms with E-state index in [9.17, 15) is 30.3 Å². The van der Waals surface area contributed by atoms with Gasteiger partial charge in [-0.3, -0.25) is 4.79 Å². The minimum atomic E-state index is -1.56. The summed E-state index contributed by atoms with van der Waals surface area (Å²) < 4.78 is 11.2. The molecule has 6 N–H and O–H groups in total. The number of aliphatic hydroxyl groups is 5. The van der Waals surface area contributed by atoms with E-state index in [0.717, 1.165) is 38.5 Å². The standard InChI is InChI=1S/C47H91NO8/c1-3-5-7-9-11-13-15-17-19-21-22-24-26-28-30-32-34-36-41(50)40(39-55-47-46(54)45(53)44(52)42(38-49)56-47)48-43(51)37-35-33-31-29-27-25-23-20-18-16-14-12-10-8-6-4-2/h34,36,40-42,44-47,49-50,52-54H,3-33,35,37-39H2,1-2H3,(H,48,51)/b36-34+. The van der Waals surface area contributed by atoms with Gasteiger partial charge in [0.25, 0.3) is 0 Å². The summed E-state index contributed by atoms with van der Waals surface area (Å²) >= 11 is 0. The Kier molecular flexibility index (Phi) is 36.1. The monoisotopic (exact) mass is 798 g/mol. The first-order valence-corrected chi connectivity index (χ1v) is 23.9. The first-order valence-electron chi connectivity index (χ1n) is 23.9. The molecule has 9 nitrogen and oxygen atoms in total. The number of amides is 1. The topological polar surface area (TPSA) is 149 Å².